The number of hydrogen-bond acceptors (Lipinski definition) is 3. The SMILES string of the molecule is Cc1ccc(CCCC(=O)c2ccc(CC[C@](C)(N)CO)n2C)cc1. The van der Waals surface area contributed by atoms with E-state index in [1.165, 1.54) is 11.1 Å². The summed E-state index contributed by atoms with van der Waals surface area (Å²) in [5.74, 6) is 0.179. The zero-order valence-electron chi connectivity index (χ0n) is 15.6. The van der Waals surface area contributed by atoms with Gasteiger partial charge in [0.05, 0.1) is 12.3 Å². The number of aliphatic hydroxyl groups is 1. The molecule has 0 aliphatic heterocycles. The lowest BCUT2D eigenvalue weighted by Gasteiger charge is -2.21. The molecule has 136 valence electrons. The first-order chi connectivity index (χ1) is 11.8. The molecule has 25 heavy (non-hydrogen) atoms. The minimum absolute atomic E-state index is 0.0395. The molecule has 0 spiro atoms. The molecule has 0 saturated heterocycles. The van der Waals surface area contributed by atoms with Crippen molar-refractivity contribution >= 4 is 5.78 Å². The first-order valence-electron chi connectivity index (χ1n) is 8.95. The van der Waals surface area contributed by atoms with Crippen molar-refractivity contribution in [3.05, 3.63) is 58.9 Å². The van der Waals surface area contributed by atoms with E-state index in [2.05, 4.69) is 31.2 Å². The molecule has 0 aliphatic rings. The number of nitrogens with two attached hydrogens (primary N) is 1. The van der Waals surface area contributed by atoms with Crippen molar-refractivity contribution in [1.82, 2.24) is 4.57 Å². The Kier molecular flexibility index (Phi) is 6.57. The molecule has 1 aromatic heterocycles. The van der Waals surface area contributed by atoms with Gasteiger partial charge in [0.15, 0.2) is 5.78 Å². The summed E-state index contributed by atoms with van der Waals surface area (Å²) in [6, 6.07) is 12.4. The maximum Gasteiger partial charge on any atom is 0.179 e. The van der Waals surface area contributed by atoms with Crippen molar-refractivity contribution in [2.75, 3.05) is 6.61 Å². The molecule has 0 fully saturated rings. The van der Waals surface area contributed by atoms with E-state index in [1.807, 2.05) is 30.7 Å². The first kappa shape index (κ1) is 19.4. The quantitative estimate of drug-likeness (QED) is 0.688. The number of aromatic nitrogens is 1. The fraction of sp³-hybridized carbons (Fsp3) is 0.476. The summed E-state index contributed by atoms with van der Waals surface area (Å²) < 4.78 is 1.96. The summed E-state index contributed by atoms with van der Waals surface area (Å²) >= 11 is 0. The smallest absolute Gasteiger partial charge is 0.179 e. The van der Waals surface area contributed by atoms with Crippen LogP contribution in [0.5, 0.6) is 0 Å². The van der Waals surface area contributed by atoms with Crippen LogP contribution in [0.15, 0.2) is 36.4 Å². The maximum absolute atomic E-state index is 12.5. The van der Waals surface area contributed by atoms with Gasteiger partial charge in [0.2, 0.25) is 0 Å². The highest BCUT2D eigenvalue weighted by Gasteiger charge is 2.19. The minimum Gasteiger partial charge on any atom is -0.394 e. The topological polar surface area (TPSA) is 68.2 Å². The van der Waals surface area contributed by atoms with E-state index >= 15 is 0 Å². The van der Waals surface area contributed by atoms with Crippen LogP contribution >= 0.6 is 0 Å². The zero-order valence-corrected chi connectivity index (χ0v) is 15.6. The van der Waals surface area contributed by atoms with Crippen LogP contribution in [0.4, 0.5) is 0 Å². The first-order valence-corrected chi connectivity index (χ1v) is 8.95. The molecule has 0 aliphatic carbocycles. The molecule has 0 amide bonds. The molecule has 4 heteroatoms. The van der Waals surface area contributed by atoms with E-state index in [-0.39, 0.29) is 12.4 Å². The summed E-state index contributed by atoms with van der Waals surface area (Å²) in [7, 11) is 1.93. The van der Waals surface area contributed by atoms with Crippen molar-refractivity contribution in [3.8, 4) is 0 Å². The molecule has 1 heterocycles. The number of aryl methyl sites for hydroxylation is 3. The van der Waals surface area contributed by atoms with Gasteiger partial charge in [-0.05, 0) is 57.2 Å². The van der Waals surface area contributed by atoms with Crippen molar-refractivity contribution in [1.29, 1.82) is 0 Å². The number of ketones is 1. The van der Waals surface area contributed by atoms with Crippen LogP contribution in [-0.4, -0.2) is 27.6 Å². The largest absolute Gasteiger partial charge is 0.394 e. The number of rotatable bonds is 9. The lowest BCUT2D eigenvalue weighted by Crippen LogP contribution is -2.40. The molecule has 0 radical (unpaired) electrons. The highest BCUT2D eigenvalue weighted by Crippen LogP contribution is 2.16. The standard InChI is InChI=1S/C21H30N2O2/c1-16-7-9-17(10-8-16)5-4-6-20(25)19-12-11-18(23(19)3)13-14-21(2,22)15-24/h7-12,24H,4-6,13-15,22H2,1-3H3/t21-/m0/s1. The average Bonchev–Trinajstić information content (AvgIpc) is 2.96. The monoisotopic (exact) mass is 342 g/mol. The molecule has 0 unspecified atom stereocenters. The molecule has 2 rings (SSSR count). The molecule has 3 N–H and O–H groups in total. The third-order valence-corrected chi connectivity index (χ3v) is 4.81. The molecule has 1 aromatic carbocycles. The number of nitrogens with zero attached hydrogens (tertiary/aromatic N) is 1. The van der Waals surface area contributed by atoms with Gasteiger partial charge in [-0.1, -0.05) is 29.8 Å². The molecule has 0 saturated carbocycles. The second-order valence-electron chi connectivity index (χ2n) is 7.34. The number of hydrogen-bond donors (Lipinski definition) is 2. The van der Waals surface area contributed by atoms with Gasteiger partial charge in [0.25, 0.3) is 0 Å². The third kappa shape index (κ3) is 5.55. The van der Waals surface area contributed by atoms with Crippen LogP contribution in [-0.2, 0) is 19.9 Å². The van der Waals surface area contributed by atoms with Crippen LogP contribution in [0.3, 0.4) is 0 Å². The van der Waals surface area contributed by atoms with Crippen molar-refractivity contribution < 1.29 is 9.90 Å². The molecule has 1 atom stereocenters. The number of benzene rings is 1. The fourth-order valence-corrected chi connectivity index (χ4v) is 2.91. The Morgan fingerprint density at radius 3 is 2.48 bits per heavy atom. The highest BCUT2D eigenvalue weighted by molar-refractivity contribution is 5.94. The normalized spacial score (nSPS) is 13.6. The van der Waals surface area contributed by atoms with Gasteiger partial charge in [-0.3, -0.25) is 4.79 Å². The Morgan fingerprint density at radius 2 is 1.84 bits per heavy atom. The molecular weight excluding hydrogens is 312 g/mol. The van der Waals surface area contributed by atoms with E-state index in [9.17, 15) is 9.90 Å². The lowest BCUT2D eigenvalue weighted by atomic mass is 9.97. The minimum atomic E-state index is -0.581. The van der Waals surface area contributed by atoms with Gasteiger partial charge in [0.1, 0.15) is 0 Å². The second kappa shape index (κ2) is 8.45. The summed E-state index contributed by atoms with van der Waals surface area (Å²) in [5, 5.41) is 9.26. The van der Waals surface area contributed by atoms with E-state index in [1.54, 1.807) is 0 Å². The Hall–Kier alpha value is -1.91. The molecule has 0 bridgehead atoms. The summed E-state index contributed by atoms with van der Waals surface area (Å²) in [6.07, 6.45) is 3.76. The number of carbonyl (C=O) groups excluding carboxylic acids is 1. The van der Waals surface area contributed by atoms with E-state index in [0.717, 1.165) is 30.7 Å². The second-order valence-corrected chi connectivity index (χ2v) is 7.34. The van der Waals surface area contributed by atoms with E-state index in [0.29, 0.717) is 12.8 Å². The highest BCUT2D eigenvalue weighted by atomic mass is 16.3. The Balaban J connectivity index is 1.88. The average molecular weight is 342 g/mol. The Bertz CT molecular complexity index is 699. The summed E-state index contributed by atoms with van der Waals surface area (Å²) in [6.45, 7) is 3.88. The number of aliphatic hydroxyl groups excluding tert-OH is 1. The van der Waals surface area contributed by atoms with Crippen molar-refractivity contribution in [2.24, 2.45) is 12.8 Å². The van der Waals surface area contributed by atoms with Gasteiger partial charge in [-0.2, -0.15) is 0 Å². The van der Waals surface area contributed by atoms with E-state index in [4.69, 9.17) is 5.73 Å². The predicted octanol–water partition coefficient (Wildman–Crippen LogP) is 3.18. The molecular formula is C21H30N2O2. The lowest BCUT2D eigenvalue weighted by molar-refractivity contribution is 0.0972. The molecule has 4 nitrogen and oxygen atoms in total. The van der Waals surface area contributed by atoms with Crippen LogP contribution in [0.1, 0.15) is 53.5 Å². The van der Waals surface area contributed by atoms with Crippen LogP contribution in [0, 0.1) is 6.92 Å². The van der Waals surface area contributed by atoms with Crippen molar-refractivity contribution in [2.45, 2.75) is 51.5 Å². The van der Waals surface area contributed by atoms with Crippen molar-refractivity contribution in [3.63, 3.8) is 0 Å². The Labute approximate surface area is 150 Å². The van der Waals surface area contributed by atoms with Gasteiger partial charge < -0.3 is 15.4 Å². The Morgan fingerprint density at radius 1 is 1.16 bits per heavy atom. The predicted molar refractivity (Wildman–Crippen MR) is 102 cm³/mol. The zero-order chi connectivity index (χ0) is 18.4. The summed E-state index contributed by atoms with van der Waals surface area (Å²) in [4.78, 5) is 12.5. The number of Topliss-reactive ketones (excluding diaryl/α,β-unsaturated/α-hetero) is 1. The van der Waals surface area contributed by atoms with Gasteiger partial charge in [-0.15, -0.1) is 0 Å². The van der Waals surface area contributed by atoms with Crippen LogP contribution < -0.4 is 5.73 Å². The third-order valence-electron chi connectivity index (χ3n) is 4.81. The van der Waals surface area contributed by atoms with E-state index < -0.39 is 5.54 Å². The summed E-state index contributed by atoms with van der Waals surface area (Å²) in [5.41, 5.74) is 9.76. The molecule has 2 aromatic rings. The fourth-order valence-electron chi connectivity index (χ4n) is 2.91. The van der Waals surface area contributed by atoms with Crippen LogP contribution in [0.2, 0.25) is 0 Å². The van der Waals surface area contributed by atoms with Gasteiger partial charge >= 0.3 is 0 Å². The van der Waals surface area contributed by atoms with Gasteiger partial charge in [-0.25, -0.2) is 0 Å². The van der Waals surface area contributed by atoms with Gasteiger partial charge in [0, 0.05) is 24.7 Å². The number of carbonyl (C=O) groups is 1. The maximum atomic E-state index is 12.5. The van der Waals surface area contributed by atoms with Crippen LogP contribution in [0.25, 0.3) is 0 Å².